The number of aromatic nitrogens is 3. The van der Waals surface area contributed by atoms with E-state index in [9.17, 15) is 4.39 Å². The molecule has 0 aromatic carbocycles. The Kier molecular flexibility index (Phi) is 4.68. The van der Waals surface area contributed by atoms with Gasteiger partial charge in [0.05, 0.1) is 18.4 Å². The molecule has 0 bridgehead atoms. The summed E-state index contributed by atoms with van der Waals surface area (Å²) in [5.74, 6) is -0.382. The van der Waals surface area contributed by atoms with Crippen molar-refractivity contribution >= 4 is 11.3 Å². The summed E-state index contributed by atoms with van der Waals surface area (Å²) in [5, 5.41) is 12.5. The van der Waals surface area contributed by atoms with E-state index in [-0.39, 0.29) is 5.82 Å². The predicted molar refractivity (Wildman–Crippen MR) is 66.7 cm³/mol. The lowest BCUT2D eigenvalue weighted by Crippen LogP contribution is -2.18. The van der Waals surface area contributed by atoms with Gasteiger partial charge in [0, 0.05) is 26.4 Å². The van der Waals surface area contributed by atoms with Crippen molar-refractivity contribution in [2.75, 3.05) is 20.3 Å². The second-order valence-electron chi connectivity index (χ2n) is 3.53. The Morgan fingerprint density at radius 2 is 2.33 bits per heavy atom. The van der Waals surface area contributed by atoms with E-state index in [1.165, 1.54) is 23.7 Å². The first-order chi connectivity index (χ1) is 8.81. The van der Waals surface area contributed by atoms with Crippen molar-refractivity contribution in [2.24, 2.45) is 0 Å². The molecule has 0 saturated heterocycles. The monoisotopic (exact) mass is 268 g/mol. The van der Waals surface area contributed by atoms with Crippen molar-refractivity contribution in [3.8, 4) is 10.6 Å². The standard InChI is InChI=1S/C11H13FN4OS/c1-17-5-4-14-7-10-15-16-11(18-10)8-2-3-13-6-9(8)12/h2-3,6,14H,4-5,7H2,1H3. The number of ether oxygens (including phenoxy) is 1. The minimum absolute atomic E-state index is 0.382. The van der Waals surface area contributed by atoms with Crippen molar-refractivity contribution in [3.63, 3.8) is 0 Å². The van der Waals surface area contributed by atoms with Crippen LogP contribution in [0.25, 0.3) is 10.6 Å². The first-order valence-electron chi connectivity index (χ1n) is 5.43. The highest BCUT2D eigenvalue weighted by Gasteiger charge is 2.10. The number of hydrogen-bond donors (Lipinski definition) is 1. The summed E-state index contributed by atoms with van der Waals surface area (Å²) in [7, 11) is 1.65. The van der Waals surface area contributed by atoms with Crippen LogP contribution in [0.5, 0.6) is 0 Å². The molecule has 7 heteroatoms. The minimum Gasteiger partial charge on any atom is -0.383 e. The molecule has 0 unspecified atom stereocenters. The third-order valence-corrected chi connectivity index (χ3v) is 3.19. The van der Waals surface area contributed by atoms with Gasteiger partial charge in [0.1, 0.15) is 5.01 Å². The third kappa shape index (κ3) is 3.28. The average molecular weight is 268 g/mol. The summed E-state index contributed by atoms with van der Waals surface area (Å²) in [4.78, 5) is 3.70. The van der Waals surface area contributed by atoms with Gasteiger partial charge in [0.15, 0.2) is 10.8 Å². The number of halogens is 1. The summed E-state index contributed by atoms with van der Waals surface area (Å²) in [6.45, 7) is 1.99. The zero-order chi connectivity index (χ0) is 12.8. The van der Waals surface area contributed by atoms with E-state index in [4.69, 9.17) is 4.74 Å². The van der Waals surface area contributed by atoms with Crippen LogP contribution in [0, 0.1) is 5.82 Å². The van der Waals surface area contributed by atoms with Crippen LogP contribution in [0.1, 0.15) is 5.01 Å². The zero-order valence-corrected chi connectivity index (χ0v) is 10.7. The molecule has 18 heavy (non-hydrogen) atoms. The second-order valence-corrected chi connectivity index (χ2v) is 4.59. The Bertz CT molecular complexity index is 505. The fourth-order valence-corrected chi connectivity index (χ4v) is 2.19. The molecule has 96 valence electrons. The molecule has 5 nitrogen and oxygen atoms in total. The smallest absolute Gasteiger partial charge is 0.151 e. The fourth-order valence-electron chi connectivity index (χ4n) is 1.35. The maximum absolute atomic E-state index is 13.5. The van der Waals surface area contributed by atoms with E-state index in [2.05, 4.69) is 20.5 Å². The van der Waals surface area contributed by atoms with Gasteiger partial charge in [-0.3, -0.25) is 4.98 Å². The van der Waals surface area contributed by atoms with Gasteiger partial charge in [-0.25, -0.2) is 4.39 Å². The van der Waals surface area contributed by atoms with Crippen LogP contribution in [-0.2, 0) is 11.3 Å². The largest absolute Gasteiger partial charge is 0.383 e. The topological polar surface area (TPSA) is 59.9 Å². The maximum atomic E-state index is 13.5. The highest BCUT2D eigenvalue weighted by Crippen LogP contribution is 2.24. The van der Waals surface area contributed by atoms with Gasteiger partial charge in [0.25, 0.3) is 0 Å². The first-order valence-corrected chi connectivity index (χ1v) is 6.25. The van der Waals surface area contributed by atoms with E-state index < -0.39 is 0 Å². The summed E-state index contributed by atoms with van der Waals surface area (Å²) in [6, 6.07) is 1.60. The van der Waals surface area contributed by atoms with Gasteiger partial charge in [-0.05, 0) is 6.07 Å². The van der Waals surface area contributed by atoms with Crippen LogP contribution in [-0.4, -0.2) is 35.4 Å². The minimum atomic E-state index is -0.382. The normalized spacial score (nSPS) is 10.8. The van der Waals surface area contributed by atoms with Crippen LogP contribution in [0.15, 0.2) is 18.5 Å². The van der Waals surface area contributed by atoms with Gasteiger partial charge in [0.2, 0.25) is 0 Å². The Balaban J connectivity index is 2.00. The molecule has 2 aromatic heterocycles. The van der Waals surface area contributed by atoms with Crippen molar-refractivity contribution in [1.82, 2.24) is 20.5 Å². The molecule has 0 saturated carbocycles. The van der Waals surface area contributed by atoms with Crippen LogP contribution >= 0.6 is 11.3 Å². The Labute approximate surface area is 108 Å². The number of hydrogen-bond acceptors (Lipinski definition) is 6. The van der Waals surface area contributed by atoms with Crippen LogP contribution in [0.2, 0.25) is 0 Å². The Morgan fingerprint density at radius 3 is 3.11 bits per heavy atom. The number of rotatable bonds is 6. The molecule has 0 amide bonds. The SMILES string of the molecule is COCCNCc1nnc(-c2ccncc2F)s1. The zero-order valence-electron chi connectivity index (χ0n) is 9.89. The number of methoxy groups -OCH3 is 1. The molecule has 2 aromatic rings. The first kappa shape index (κ1) is 13.0. The summed E-state index contributed by atoms with van der Waals surface area (Å²) in [5.41, 5.74) is 0.436. The maximum Gasteiger partial charge on any atom is 0.151 e. The molecule has 1 N–H and O–H groups in total. The van der Waals surface area contributed by atoms with E-state index in [1.807, 2.05) is 0 Å². The van der Waals surface area contributed by atoms with Gasteiger partial charge < -0.3 is 10.1 Å². The number of nitrogens with one attached hydrogen (secondary N) is 1. The molecular weight excluding hydrogens is 255 g/mol. The van der Waals surface area contributed by atoms with Gasteiger partial charge in [-0.2, -0.15) is 0 Å². The Hall–Kier alpha value is -1.44. The number of pyridine rings is 1. The summed E-state index contributed by atoms with van der Waals surface area (Å²) < 4.78 is 18.4. The molecule has 0 radical (unpaired) electrons. The lowest BCUT2D eigenvalue weighted by Gasteiger charge is -1.99. The lowest BCUT2D eigenvalue weighted by molar-refractivity contribution is 0.199. The molecular formula is C11H13FN4OS. The van der Waals surface area contributed by atoms with E-state index in [0.29, 0.717) is 23.7 Å². The van der Waals surface area contributed by atoms with Crippen LogP contribution in [0.4, 0.5) is 4.39 Å². The van der Waals surface area contributed by atoms with Crippen molar-refractivity contribution in [2.45, 2.75) is 6.54 Å². The van der Waals surface area contributed by atoms with E-state index in [0.717, 1.165) is 11.6 Å². The molecule has 0 aliphatic rings. The molecule has 0 aliphatic heterocycles. The van der Waals surface area contributed by atoms with Gasteiger partial charge in [-0.15, -0.1) is 10.2 Å². The second kappa shape index (κ2) is 6.48. The molecule has 2 rings (SSSR count). The van der Waals surface area contributed by atoms with Gasteiger partial charge in [-0.1, -0.05) is 11.3 Å². The number of nitrogens with zero attached hydrogens (tertiary/aromatic N) is 3. The highest BCUT2D eigenvalue weighted by atomic mass is 32.1. The van der Waals surface area contributed by atoms with E-state index >= 15 is 0 Å². The average Bonchev–Trinajstić information content (AvgIpc) is 2.84. The molecule has 0 spiro atoms. The van der Waals surface area contributed by atoms with Crippen molar-refractivity contribution in [1.29, 1.82) is 0 Å². The predicted octanol–water partition coefficient (Wildman–Crippen LogP) is 1.48. The molecule has 0 atom stereocenters. The van der Waals surface area contributed by atoms with Gasteiger partial charge >= 0.3 is 0 Å². The van der Waals surface area contributed by atoms with Crippen molar-refractivity contribution in [3.05, 3.63) is 29.3 Å². The van der Waals surface area contributed by atoms with Crippen LogP contribution in [0.3, 0.4) is 0 Å². The van der Waals surface area contributed by atoms with E-state index in [1.54, 1.807) is 13.2 Å². The van der Waals surface area contributed by atoms with Crippen LogP contribution < -0.4 is 5.32 Å². The highest BCUT2D eigenvalue weighted by molar-refractivity contribution is 7.14. The van der Waals surface area contributed by atoms with Crippen molar-refractivity contribution < 1.29 is 9.13 Å². The molecule has 0 aliphatic carbocycles. The summed E-state index contributed by atoms with van der Waals surface area (Å²) >= 11 is 1.36. The Morgan fingerprint density at radius 1 is 1.44 bits per heavy atom. The molecule has 2 heterocycles. The summed E-state index contributed by atoms with van der Waals surface area (Å²) in [6.07, 6.45) is 2.71. The third-order valence-electron chi connectivity index (χ3n) is 2.23. The lowest BCUT2D eigenvalue weighted by atomic mass is 10.3. The fraction of sp³-hybridized carbons (Fsp3) is 0.364. The molecule has 0 fully saturated rings. The quantitative estimate of drug-likeness (QED) is 0.804.